The molecule has 0 saturated heterocycles. The van der Waals surface area contributed by atoms with Crippen LogP contribution in [0.25, 0.3) is 0 Å². The fourth-order valence-electron chi connectivity index (χ4n) is 1.73. The highest BCUT2D eigenvalue weighted by atomic mass is 16.6. The van der Waals surface area contributed by atoms with E-state index in [4.69, 9.17) is 5.26 Å². The van der Waals surface area contributed by atoms with Gasteiger partial charge in [-0.05, 0) is 6.07 Å². The molecule has 0 radical (unpaired) electrons. The molecule has 2 rings (SSSR count). The van der Waals surface area contributed by atoms with Gasteiger partial charge in [0, 0.05) is 32.6 Å². The first kappa shape index (κ1) is 13.5. The van der Waals surface area contributed by atoms with E-state index in [-0.39, 0.29) is 11.4 Å². The predicted molar refractivity (Wildman–Crippen MR) is 70.9 cm³/mol. The van der Waals surface area contributed by atoms with Gasteiger partial charge in [-0.3, -0.25) is 10.1 Å². The summed E-state index contributed by atoms with van der Waals surface area (Å²) in [6.45, 7) is 0.485. The summed E-state index contributed by atoms with van der Waals surface area (Å²) >= 11 is 0. The zero-order valence-electron chi connectivity index (χ0n) is 11.0. The van der Waals surface area contributed by atoms with Crippen LogP contribution in [-0.4, -0.2) is 26.5 Å². The molecule has 2 aromatic rings. The molecule has 2 heterocycles. The molecule has 0 saturated carbocycles. The Labute approximate surface area is 115 Å². The zero-order valence-corrected chi connectivity index (χ0v) is 11.0. The lowest BCUT2D eigenvalue weighted by molar-refractivity contribution is -0.385. The van der Waals surface area contributed by atoms with Gasteiger partial charge in [0.05, 0.1) is 11.5 Å². The fraction of sp³-hybridized carbons (Fsp3) is 0.250. The summed E-state index contributed by atoms with van der Waals surface area (Å²) < 4.78 is 1.87. The normalized spacial score (nSPS) is 10.1. The monoisotopic (exact) mass is 272 g/mol. The topological polar surface area (TPSA) is 101 Å². The quantitative estimate of drug-likeness (QED) is 0.613. The van der Waals surface area contributed by atoms with Gasteiger partial charge in [-0.1, -0.05) is 0 Å². The van der Waals surface area contributed by atoms with Gasteiger partial charge in [-0.15, -0.1) is 0 Å². The molecule has 0 aliphatic heterocycles. The van der Waals surface area contributed by atoms with Crippen LogP contribution in [-0.2, 0) is 13.6 Å². The first-order valence-corrected chi connectivity index (χ1v) is 5.76. The summed E-state index contributed by atoms with van der Waals surface area (Å²) in [6, 6.07) is 4.55. The van der Waals surface area contributed by atoms with Crippen molar-refractivity contribution in [3.63, 3.8) is 0 Å². The molecule has 0 aliphatic rings. The molecule has 0 unspecified atom stereocenters. The van der Waals surface area contributed by atoms with Crippen LogP contribution in [0.5, 0.6) is 0 Å². The number of nitrogens with zero attached hydrogens (tertiary/aromatic N) is 6. The Balaban J connectivity index is 2.27. The molecule has 8 nitrogen and oxygen atoms in total. The molecular weight excluding hydrogens is 260 g/mol. The molecule has 0 aromatic carbocycles. The van der Waals surface area contributed by atoms with Crippen LogP contribution >= 0.6 is 0 Å². The van der Waals surface area contributed by atoms with Crippen LogP contribution in [0.4, 0.5) is 11.5 Å². The number of rotatable bonds is 4. The second kappa shape index (κ2) is 5.36. The number of hydrogen-bond acceptors (Lipinski definition) is 6. The number of pyridine rings is 1. The Kier molecular flexibility index (Phi) is 3.61. The average molecular weight is 272 g/mol. The van der Waals surface area contributed by atoms with Crippen molar-refractivity contribution in [2.45, 2.75) is 6.54 Å². The van der Waals surface area contributed by atoms with Crippen LogP contribution in [0, 0.1) is 21.4 Å². The second-order valence-electron chi connectivity index (χ2n) is 4.22. The van der Waals surface area contributed by atoms with Crippen LogP contribution < -0.4 is 4.90 Å². The molecule has 102 valence electrons. The summed E-state index contributed by atoms with van der Waals surface area (Å²) in [6.07, 6.45) is 3.51. The molecule has 0 N–H and O–H groups in total. The molecule has 2 aromatic heterocycles. The molecule has 0 bridgehead atoms. The fourth-order valence-corrected chi connectivity index (χ4v) is 1.73. The van der Waals surface area contributed by atoms with Crippen LogP contribution in [0.1, 0.15) is 11.5 Å². The van der Waals surface area contributed by atoms with Crippen molar-refractivity contribution in [2.24, 2.45) is 7.05 Å². The Morgan fingerprint density at radius 1 is 1.55 bits per heavy atom. The number of aryl methyl sites for hydroxylation is 1. The van der Waals surface area contributed by atoms with Crippen molar-refractivity contribution in [3.8, 4) is 6.07 Å². The Bertz CT molecular complexity index is 687. The van der Waals surface area contributed by atoms with Crippen molar-refractivity contribution in [2.75, 3.05) is 11.9 Å². The minimum absolute atomic E-state index is 0.195. The SMILES string of the molecule is CN(Cc1nccn1C)c1ccc([N+](=O)[O-])c(C#N)n1. The van der Waals surface area contributed by atoms with E-state index < -0.39 is 4.92 Å². The highest BCUT2D eigenvalue weighted by Crippen LogP contribution is 2.20. The molecular formula is C12H12N6O2. The van der Waals surface area contributed by atoms with Gasteiger partial charge in [0.25, 0.3) is 0 Å². The smallest absolute Gasteiger partial charge is 0.305 e. The van der Waals surface area contributed by atoms with Crippen molar-refractivity contribution in [1.29, 1.82) is 5.26 Å². The summed E-state index contributed by atoms with van der Waals surface area (Å²) in [4.78, 5) is 20.1. The molecule has 20 heavy (non-hydrogen) atoms. The van der Waals surface area contributed by atoms with Gasteiger partial charge in [0.1, 0.15) is 17.7 Å². The molecule has 0 fully saturated rings. The molecule has 0 spiro atoms. The minimum Gasteiger partial charge on any atom is -0.352 e. The van der Waals surface area contributed by atoms with Gasteiger partial charge in [-0.2, -0.15) is 5.26 Å². The third-order valence-electron chi connectivity index (χ3n) is 2.85. The maximum atomic E-state index is 10.8. The summed E-state index contributed by atoms with van der Waals surface area (Å²) in [7, 11) is 3.66. The zero-order chi connectivity index (χ0) is 14.7. The van der Waals surface area contributed by atoms with Crippen molar-refractivity contribution >= 4 is 11.5 Å². The lowest BCUT2D eigenvalue weighted by atomic mass is 10.3. The molecule has 0 aliphatic carbocycles. The van der Waals surface area contributed by atoms with E-state index in [1.165, 1.54) is 12.1 Å². The largest absolute Gasteiger partial charge is 0.352 e. The second-order valence-corrected chi connectivity index (χ2v) is 4.22. The average Bonchev–Trinajstić information content (AvgIpc) is 2.83. The Hall–Kier alpha value is -2.95. The lowest BCUT2D eigenvalue weighted by Gasteiger charge is -2.17. The number of nitro groups is 1. The van der Waals surface area contributed by atoms with E-state index in [0.717, 1.165) is 5.82 Å². The molecule has 0 atom stereocenters. The van der Waals surface area contributed by atoms with Crippen molar-refractivity contribution in [1.82, 2.24) is 14.5 Å². The number of anilines is 1. The van der Waals surface area contributed by atoms with Gasteiger partial charge in [-0.25, -0.2) is 9.97 Å². The first-order valence-electron chi connectivity index (χ1n) is 5.76. The van der Waals surface area contributed by atoms with E-state index in [9.17, 15) is 10.1 Å². The van der Waals surface area contributed by atoms with Gasteiger partial charge < -0.3 is 9.47 Å². The Morgan fingerprint density at radius 3 is 2.85 bits per heavy atom. The minimum atomic E-state index is -0.617. The van der Waals surface area contributed by atoms with E-state index in [1.54, 1.807) is 24.2 Å². The summed E-state index contributed by atoms with van der Waals surface area (Å²) in [5.41, 5.74) is -0.485. The standard InChI is InChI=1S/C12H12N6O2/c1-16-6-5-14-12(16)8-17(2)11-4-3-10(18(19)20)9(7-13)15-11/h3-6H,8H2,1-2H3. The van der Waals surface area contributed by atoms with E-state index in [0.29, 0.717) is 12.4 Å². The maximum Gasteiger partial charge on any atom is 0.305 e. The van der Waals surface area contributed by atoms with Crippen molar-refractivity contribution in [3.05, 3.63) is 46.2 Å². The van der Waals surface area contributed by atoms with E-state index >= 15 is 0 Å². The third-order valence-corrected chi connectivity index (χ3v) is 2.85. The first-order chi connectivity index (χ1) is 9.52. The van der Waals surface area contributed by atoms with Crippen LogP contribution in [0.3, 0.4) is 0 Å². The van der Waals surface area contributed by atoms with E-state index in [2.05, 4.69) is 9.97 Å². The van der Waals surface area contributed by atoms with Gasteiger partial charge in [0.2, 0.25) is 5.69 Å². The number of nitriles is 1. The Morgan fingerprint density at radius 2 is 2.30 bits per heavy atom. The highest BCUT2D eigenvalue weighted by molar-refractivity contribution is 5.51. The summed E-state index contributed by atoms with van der Waals surface area (Å²) in [5, 5.41) is 19.7. The maximum absolute atomic E-state index is 10.8. The van der Waals surface area contributed by atoms with Gasteiger partial charge in [0.15, 0.2) is 0 Å². The highest BCUT2D eigenvalue weighted by Gasteiger charge is 2.17. The lowest BCUT2D eigenvalue weighted by Crippen LogP contribution is -2.20. The van der Waals surface area contributed by atoms with Crippen molar-refractivity contribution < 1.29 is 4.92 Å². The predicted octanol–water partition coefficient (Wildman–Crippen LogP) is 1.23. The van der Waals surface area contributed by atoms with Gasteiger partial charge >= 0.3 is 5.69 Å². The molecule has 0 amide bonds. The number of imidazole rings is 1. The van der Waals surface area contributed by atoms with E-state index in [1.807, 2.05) is 17.8 Å². The van der Waals surface area contributed by atoms with Crippen LogP contribution in [0.15, 0.2) is 24.5 Å². The van der Waals surface area contributed by atoms with Crippen LogP contribution in [0.2, 0.25) is 0 Å². The number of hydrogen-bond donors (Lipinski definition) is 0. The third kappa shape index (κ3) is 2.56. The summed E-state index contributed by atoms with van der Waals surface area (Å²) in [5.74, 6) is 1.31. The molecule has 8 heteroatoms. The number of aromatic nitrogens is 3.